The second-order valence-corrected chi connectivity index (χ2v) is 21.1. The summed E-state index contributed by atoms with van der Waals surface area (Å²) >= 11 is 1.06. The van der Waals surface area contributed by atoms with Crippen LogP contribution in [0.15, 0.2) is 0 Å². The summed E-state index contributed by atoms with van der Waals surface area (Å²) in [7, 11) is 0. The van der Waals surface area contributed by atoms with E-state index in [0.29, 0.717) is 5.04 Å². The van der Waals surface area contributed by atoms with Gasteiger partial charge in [0.15, 0.2) is 0 Å². The topological polar surface area (TPSA) is 61.8 Å². The van der Waals surface area contributed by atoms with Crippen molar-refractivity contribution in [2.24, 2.45) is 0 Å². The van der Waals surface area contributed by atoms with Gasteiger partial charge >= 0.3 is 100 Å². The summed E-state index contributed by atoms with van der Waals surface area (Å²) in [6, 6.07) is 0. The molecule has 0 aromatic carbocycles. The van der Waals surface area contributed by atoms with Crippen LogP contribution in [0.2, 0.25) is 17.1 Å². The van der Waals surface area contributed by atoms with E-state index in [9.17, 15) is 0 Å². The van der Waals surface area contributed by atoms with Gasteiger partial charge in [0.2, 0.25) is 4.91 Å². The normalized spacial score (nSPS) is 15.5. The first-order chi connectivity index (χ1) is 5.61. The van der Waals surface area contributed by atoms with Crippen LogP contribution in [0.3, 0.4) is 0 Å². The van der Waals surface area contributed by atoms with Gasteiger partial charge in [-0.15, -0.1) is 0 Å². The predicted octanol–water partition coefficient (Wildman–Crippen LogP) is 3.06. The summed E-state index contributed by atoms with van der Waals surface area (Å²) in [5, 5.41) is 0.640. The van der Waals surface area contributed by atoms with Gasteiger partial charge in [-0.3, -0.25) is 0 Å². The van der Waals surface area contributed by atoms with E-state index >= 15 is 0 Å². The summed E-state index contributed by atoms with van der Waals surface area (Å²) in [5.41, 5.74) is 12.0. The quantitative estimate of drug-likeness (QED) is 0.392. The third-order valence-electron chi connectivity index (χ3n) is 3.38. The second-order valence-electron chi connectivity index (χ2n) is 5.24. The van der Waals surface area contributed by atoms with Crippen LogP contribution >= 0.6 is 0 Å². The van der Waals surface area contributed by atoms with E-state index in [1.165, 1.54) is 0 Å². The van der Waals surface area contributed by atoms with Crippen molar-refractivity contribution in [3.8, 4) is 0 Å². The predicted molar refractivity (Wildman–Crippen MR) is 59.8 cm³/mol. The van der Waals surface area contributed by atoms with Crippen molar-refractivity contribution in [1.29, 1.82) is 11.1 Å². The van der Waals surface area contributed by atoms with Crippen molar-refractivity contribution < 1.29 is 0 Å². The summed E-state index contributed by atoms with van der Waals surface area (Å²) in [6.45, 7) is 14.6. The van der Waals surface area contributed by atoms with E-state index in [4.69, 9.17) is 11.1 Å². The minimum absolute atomic E-state index is 0.640. The van der Waals surface area contributed by atoms with Crippen molar-refractivity contribution >= 4 is 48.4 Å². The smallest absolute Gasteiger partial charge is 0.103 e. The molecule has 0 aromatic heterocycles. The van der Waals surface area contributed by atoms with E-state index < -0.39 is 0.755 Å². The number of rotatable bonds is 1. The van der Waals surface area contributed by atoms with Crippen LogP contribution in [-0.4, -0.2) is 48.4 Å². The molecule has 3 nitrogen and oxygen atoms in total. The average Bonchev–Trinajstić information content (AvgIpc) is 1.86. The number of hydrogen-bond donors (Lipinski definition) is 2. The zero-order valence-corrected chi connectivity index (χ0v) is 14.1. The molecule has 13 heavy (non-hydrogen) atoms. The third kappa shape index (κ3) is 6.28. The van der Waals surface area contributed by atoms with E-state index in [-0.39, 0.29) is 0 Å². The summed E-state index contributed by atoms with van der Waals surface area (Å²) in [4.78, 5) is 2.00. The minimum Gasteiger partial charge on any atom is 0.103 e. The maximum absolute atomic E-state index is 5.50. The molecule has 0 fully saturated rings. The van der Waals surface area contributed by atoms with Crippen LogP contribution < -0.4 is 4.91 Å². The largest absolute Gasteiger partial charge is 0.211 e. The fraction of sp³-hybridized carbons (Fsp3) is 1.00. The maximum atomic E-state index is 5.50. The molecule has 0 rings (SSSR count). The molecule has 0 aliphatic rings. The molecule has 0 aliphatic carbocycles. The maximum Gasteiger partial charge on any atom is 0.211 e. The summed E-state index contributed by atoms with van der Waals surface area (Å²) < 4.78 is -0.795. The first-order valence-electron chi connectivity index (χ1n) is 4.64. The Hall–Kier alpha value is 1.16. The van der Waals surface area contributed by atoms with Gasteiger partial charge in [-0.05, 0) is 0 Å². The zero-order chi connectivity index (χ0) is 11.3. The fourth-order valence-corrected chi connectivity index (χ4v) is 2.60. The average molecular weight is 226 g/mol. The second kappa shape index (κ2) is 6.61. The fourth-order valence-electron chi connectivity index (χ4n) is 0.866. The molecular weight excluding hydrogens is 205 g/mol. The van der Waals surface area contributed by atoms with Crippen molar-refractivity contribution in [1.82, 2.24) is 4.91 Å². The Morgan fingerprint density at radius 1 is 1.23 bits per heavy atom. The van der Waals surface area contributed by atoms with E-state index in [1.54, 1.807) is 0 Å². The number of hydrogen-bond acceptors (Lipinski definition) is 2. The molecule has 0 saturated carbocycles. The Labute approximate surface area is 114 Å². The van der Waals surface area contributed by atoms with E-state index in [1.807, 2.05) is 4.91 Å². The third-order valence-corrected chi connectivity index (χ3v) is 22.6. The van der Waals surface area contributed by atoms with Crippen molar-refractivity contribution in [3.05, 3.63) is 0 Å². The summed E-state index contributed by atoms with van der Waals surface area (Å²) in [5.74, 6) is 0. The van der Waals surface area contributed by atoms with Gasteiger partial charge in [0.1, 0.15) is 11.1 Å². The van der Waals surface area contributed by atoms with Crippen LogP contribution in [0.5, 0.6) is 0 Å². The standard InChI is InChI=1S/C8H19Si.K.H2N3/c1-7(2)9(6)8(3,4)5;;1-3-2/h7H,1-6H3;;1-2H/q;;+1. The molecule has 72 valence electrons. The molecule has 2 N–H and O–H groups in total. The molecule has 0 aromatic rings. The Morgan fingerprint density at radius 3 is 1.46 bits per heavy atom. The van der Waals surface area contributed by atoms with Gasteiger partial charge in [-0.25, -0.2) is 0 Å². The van der Waals surface area contributed by atoms with Gasteiger partial charge < -0.3 is 0 Å². The number of nitrogens with one attached hydrogen (secondary N) is 2. The van der Waals surface area contributed by atoms with Crippen LogP contribution in [-0.2, 0) is 0 Å². The van der Waals surface area contributed by atoms with Gasteiger partial charge in [-0.2, -0.15) is 0 Å². The molecule has 5 heteroatoms. The van der Waals surface area contributed by atoms with Crippen molar-refractivity contribution in [2.45, 2.75) is 51.7 Å². The van der Waals surface area contributed by atoms with Gasteiger partial charge in [-0.1, -0.05) is 0 Å². The molecule has 0 spiro atoms. The van der Waals surface area contributed by atoms with Crippen LogP contribution in [0.1, 0.15) is 34.6 Å². The first kappa shape index (κ1) is 16.6. The SMILES string of the molecule is CC(C)[Si](C)([K])C(C)(C)C.N=[N+]=N. The molecule has 0 bridgehead atoms. The molecule has 1 atom stereocenters. The van der Waals surface area contributed by atoms with E-state index in [0.717, 1.165) is 53.2 Å². The molecule has 0 heterocycles. The van der Waals surface area contributed by atoms with Crippen molar-refractivity contribution in [3.63, 3.8) is 0 Å². The molecule has 1 unspecified atom stereocenters. The molecular formula is C8H21KN3Si+. The monoisotopic (exact) mass is 226 g/mol. The van der Waals surface area contributed by atoms with E-state index in [2.05, 4.69) is 41.2 Å². The molecule has 0 aliphatic heterocycles. The summed E-state index contributed by atoms with van der Waals surface area (Å²) in [6.07, 6.45) is 0. The first-order valence-corrected chi connectivity index (χ1v) is 12.4. The number of nitrogens with zero attached hydrogens (tertiary/aromatic N) is 1. The zero-order valence-electron chi connectivity index (χ0n) is 10.0. The van der Waals surface area contributed by atoms with Crippen LogP contribution in [0.4, 0.5) is 0 Å². The molecule has 0 amide bonds. The minimum atomic E-state index is -0.795. The molecule has 0 saturated heterocycles. The van der Waals surface area contributed by atoms with Gasteiger partial charge in [0.05, 0.1) is 0 Å². The van der Waals surface area contributed by atoms with Gasteiger partial charge in [0, 0.05) is 0 Å². The van der Waals surface area contributed by atoms with Gasteiger partial charge in [0.25, 0.3) is 0 Å². The van der Waals surface area contributed by atoms with Crippen molar-refractivity contribution in [2.75, 3.05) is 0 Å². The van der Waals surface area contributed by atoms with Crippen LogP contribution in [0, 0.1) is 11.1 Å². The Morgan fingerprint density at radius 2 is 1.46 bits per heavy atom. The Balaban J connectivity index is 0. The Bertz CT molecular complexity index is 178. The Kier molecular flexibility index (Phi) is 8.44. The molecule has 0 radical (unpaired) electrons. The van der Waals surface area contributed by atoms with Crippen LogP contribution in [0.25, 0.3) is 0 Å².